The van der Waals surface area contributed by atoms with Crippen LogP contribution in [0.25, 0.3) is 0 Å². The molecule has 2 N–H and O–H groups in total. The van der Waals surface area contributed by atoms with Crippen LogP contribution in [0.3, 0.4) is 0 Å². The van der Waals surface area contributed by atoms with Crippen molar-refractivity contribution >= 4 is 11.6 Å². The minimum atomic E-state index is -0.350. The molecular formula is C11H14N2O2. The van der Waals surface area contributed by atoms with Crippen LogP contribution in [0, 0.1) is 0 Å². The minimum absolute atomic E-state index is 0.0393. The molecule has 1 aromatic rings. The van der Waals surface area contributed by atoms with E-state index in [9.17, 15) is 4.79 Å². The van der Waals surface area contributed by atoms with Crippen LogP contribution in [0.1, 0.15) is 6.42 Å². The number of hydrogen-bond donors (Lipinski definition) is 1. The average Bonchev–Trinajstić information content (AvgIpc) is 2.50. The number of likely N-dealkylation sites (N-methyl/N-ethyl adjacent to an activating group) is 1. The Hall–Kier alpha value is -1.71. The Kier molecular flexibility index (Phi) is 2.49. The lowest BCUT2D eigenvalue weighted by Gasteiger charge is -2.13. The number of nitrogens with zero attached hydrogens (tertiary/aromatic N) is 1. The average molecular weight is 206 g/mol. The Morgan fingerprint density at radius 1 is 1.53 bits per heavy atom. The summed E-state index contributed by atoms with van der Waals surface area (Å²) in [5.74, 6) is 0.695. The van der Waals surface area contributed by atoms with Gasteiger partial charge in [0.2, 0.25) is 0 Å². The fourth-order valence-corrected chi connectivity index (χ4v) is 1.65. The zero-order valence-corrected chi connectivity index (χ0v) is 8.64. The Morgan fingerprint density at radius 3 is 2.93 bits per heavy atom. The standard InChI is InChI=1S/C11H14N2O2/c1-13-6-5-10(11(13)14)15-9-4-2-3-8(12)7-9/h2-4,7,10H,5-6,12H2,1H3. The molecule has 0 saturated carbocycles. The van der Waals surface area contributed by atoms with E-state index in [2.05, 4.69) is 0 Å². The number of hydrogen-bond acceptors (Lipinski definition) is 3. The number of anilines is 1. The first-order valence-electron chi connectivity index (χ1n) is 4.94. The molecule has 1 aromatic carbocycles. The highest BCUT2D eigenvalue weighted by Gasteiger charge is 2.30. The van der Waals surface area contributed by atoms with Gasteiger partial charge in [-0.1, -0.05) is 6.07 Å². The molecule has 4 nitrogen and oxygen atoms in total. The van der Waals surface area contributed by atoms with Gasteiger partial charge in [-0.15, -0.1) is 0 Å². The maximum absolute atomic E-state index is 11.6. The van der Waals surface area contributed by atoms with E-state index in [1.54, 1.807) is 24.1 Å². The molecule has 0 aliphatic carbocycles. The van der Waals surface area contributed by atoms with Crippen molar-refractivity contribution in [3.8, 4) is 5.75 Å². The topological polar surface area (TPSA) is 55.6 Å². The van der Waals surface area contributed by atoms with Gasteiger partial charge in [0.05, 0.1) is 0 Å². The molecule has 0 radical (unpaired) electrons. The first-order valence-corrected chi connectivity index (χ1v) is 4.94. The quantitative estimate of drug-likeness (QED) is 0.731. The van der Waals surface area contributed by atoms with Gasteiger partial charge in [0.1, 0.15) is 5.75 Å². The predicted octanol–water partition coefficient (Wildman–Crippen LogP) is 0.878. The number of ether oxygens (including phenoxy) is 1. The first kappa shape index (κ1) is 9.83. The van der Waals surface area contributed by atoms with Crippen LogP contribution in [0.4, 0.5) is 5.69 Å². The molecule has 1 fully saturated rings. The van der Waals surface area contributed by atoms with Crippen LogP contribution in [-0.2, 0) is 4.79 Å². The van der Waals surface area contributed by atoms with Crippen molar-refractivity contribution in [1.29, 1.82) is 0 Å². The Morgan fingerprint density at radius 2 is 2.33 bits per heavy atom. The van der Waals surface area contributed by atoms with Crippen LogP contribution in [-0.4, -0.2) is 30.5 Å². The summed E-state index contributed by atoms with van der Waals surface area (Å²) in [6.45, 7) is 0.756. The molecular weight excluding hydrogens is 192 g/mol. The van der Waals surface area contributed by atoms with Gasteiger partial charge in [-0.25, -0.2) is 0 Å². The molecule has 80 valence electrons. The fraction of sp³-hybridized carbons (Fsp3) is 0.364. The van der Waals surface area contributed by atoms with Crippen LogP contribution in [0.2, 0.25) is 0 Å². The van der Waals surface area contributed by atoms with E-state index in [0.717, 1.165) is 13.0 Å². The molecule has 1 heterocycles. The number of carbonyl (C=O) groups is 1. The van der Waals surface area contributed by atoms with Gasteiger partial charge >= 0.3 is 0 Å². The highest BCUT2D eigenvalue weighted by molar-refractivity contribution is 5.83. The zero-order valence-electron chi connectivity index (χ0n) is 8.64. The summed E-state index contributed by atoms with van der Waals surface area (Å²) in [4.78, 5) is 13.2. The van der Waals surface area contributed by atoms with E-state index < -0.39 is 0 Å². The molecule has 1 saturated heterocycles. The third-order valence-corrected chi connectivity index (χ3v) is 2.51. The molecule has 1 aliphatic heterocycles. The first-order chi connectivity index (χ1) is 7.16. The summed E-state index contributed by atoms with van der Waals surface area (Å²) >= 11 is 0. The largest absolute Gasteiger partial charge is 0.480 e. The molecule has 1 atom stereocenters. The zero-order chi connectivity index (χ0) is 10.8. The lowest BCUT2D eigenvalue weighted by atomic mass is 10.3. The maximum atomic E-state index is 11.6. The molecule has 0 spiro atoms. The van der Waals surface area contributed by atoms with E-state index in [1.165, 1.54) is 0 Å². The summed E-state index contributed by atoms with van der Waals surface area (Å²) in [5, 5.41) is 0. The van der Waals surface area contributed by atoms with Gasteiger partial charge in [-0.3, -0.25) is 4.79 Å². The number of benzene rings is 1. The summed E-state index contributed by atoms with van der Waals surface area (Å²) in [6.07, 6.45) is 0.390. The Bertz CT molecular complexity index is 379. The summed E-state index contributed by atoms with van der Waals surface area (Å²) in [7, 11) is 1.78. The molecule has 1 amide bonds. The fourth-order valence-electron chi connectivity index (χ4n) is 1.65. The van der Waals surface area contributed by atoms with Crippen LogP contribution in [0.15, 0.2) is 24.3 Å². The molecule has 0 aromatic heterocycles. The molecule has 1 unspecified atom stereocenters. The van der Waals surface area contributed by atoms with E-state index in [1.807, 2.05) is 12.1 Å². The van der Waals surface area contributed by atoms with Crippen molar-refractivity contribution in [3.63, 3.8) is 0 Å². The third-order valence-electron chi connectivity index (χ3n) is 2.51. The number of carbonyl (C=O) groups excluding carboxylic acids is 1. The second-order valence-electron chi connectivity index (χ2n) is 3.73. The van der Waals surface area contributed by atoms with Crippen LogP contribution < -0.4 is 10.5 Å². The van der Waals surface area contributed by atoms with E-state index in [-0.39, 0.29) is 12.0 Å². The van der Waals surface area contributed by atoms with Crippen LogP contribution >= 0.6 is 0 Å². The van der Waals surface area contributed by atoms with Gasteiger partial charge in [-0.2, -0.15) is 0 Å². The Labute approximate surface area is 88.6 Å². The number of rotatable bonds is 2. The number of nitrogen functional groups attached to an aromatic ring is 1. The highest BCUT2D eigenvalue weighted by atomic mass is 16.5. The number of likely N-dealkylation sites (tertiary alicyclic amines) is 1. The molecule has 0 bridgehead atoms. The van der Waals surface area contributed by atoms with Crippen molar-refractivity contribution in [1.82, 2.24) is 4.90 Å². The second-order valence-corrected chi connectivity index (χ2v) is 3.73. The van der Waals surface area contributed by atoms with Crippen molar-refractivity contribution < 1.29 is 9.53 Å². The smallest absolute Gasteiger partial charge is 0.263 e. The molecule has 2 rings (SSSR count). The second kappa shape index (κ2) is 3.81. The third kappa shape index (κ3) is 2.03. The summed E-state index contributed by atoms with van der Waals surface area (Å²) < 4.78 is 5.57. The van der Waals surface area contributed by atoms with Crippen LogP contribution in [0.5, 0.6) is 5.75 Å². The molecule has 1 aliphatic rings. The number of nitrogens with two attached hydrogens (primary N) is 1. The van der Waals surface area contributed by atoms with E-state index in [0.29, 0.717) is 11.4 Å². The van der Waals surface area contributed by atoms with Gasteiger partial charge < -0.3 is 15.4 Å². The minimum Gasteiger partial charge on any atom is -0.480 e. The van der Waals surface area contributed by atoms with Crippen molar-refractivity contribution in [3.05, 3.63) is 24.3 Å². The van der Waals surface area contributed by atoms with Crippen molar-refractivity contribution in [2.45, 2.75) is 12.5 Å². The SMILES string of the molecule is CN1CCC(Oc2cccc(N)c2)C1=O. The predicted molar refractivity (Wildman–Crippen MR) is 57.5 cm³/mol. The monoisotopic (exact) mass is 206 g/mol. The van der Waals surface area contributed by atoms with Crippen molar-refractivity contribution in [2.75, 3.05) is 19.3 Å². The highest BCUT2D eigenvalue weighted by Crippen LogP contribution is 2.20. The van der Waals surface area contributed by atoms with E-state index >= 15 is 0 Å². The maximum Gasteiger partial charge on any atom is 0.263 e. The summed E-state index contributed by atoms with van der Waals surface area (Å²) in [5.41, 5.74) is 6.26. The van der Waals surface area contributed by atoms with Gasteiger partial charge in [0.25, 0.3) is 5.91 Å². The molecule has 4 heteroatoms. The summed E-state index contributed by atoms with van der Waals surface area (Å²) in [6, 6.07) is 7.14. The number of amides is 1. The lowest BCUT2D eigenvalue weighted by molar-refractivity contribution is -0.132. The molecule has 15 heavy (non-hydrogen) atoms. The van der Waals surface area contributed by atoms with Gasteiger partial charge in [0.15, 0.2) is 6.10 Å². The lowest BCUT2D eigenvalue weighted by Crippen LogP contribution is -2.29. The Balaban J connectivity index is 2.06. The van der Waals surface area contributed by atoms with Gasteiger partial charge in [-0.05, 0) is 12.1 Å². The van der Waals surface area contributed by atoms with E-state index in [4.69, 9.17) is 10.5 Å². The van der Waals surface area contributed by atoms with Gasteiger partial charge in [0, 0.05) is 31.8 Å². The van der Waals surface area contributed by atoms with Crippen molar-refractivity contribution in [2.24, 2.45) is 0 Å². The normalized spacial score (nSPS) is 20.7.